The maximum Gasteiger partial charge on any atom is 0.182 e. The molecule has 0 unspecified atom stereocenters. The highest BCUT2D eigenvalue weighted by Gasteiger charge is 2.20. The lowest BCUT2D eigenvalue weighted by molar-refractivity contribution is 1.06. The van der Waals surface area contributed by atoms with Crippen molar-refractivity contribution in [1.82, 2.24) is 64.0 Å². The van der Waals surface area contributed by atoms with Crippen LogP contribution >= 0.6 is 0 Å². The second-order valence-corrected chi connectivity index (χ2v) is 28.2. The average molecular weight is 1460 g/mol. The van der Waals surface area contributed by atoms with E-state index in [1.54, 1.807) is 12.4 Å². The molecule has 12 aromatic carbocycles. The summed E-state index contributed by atoms with van der Waals surface area (Å²) in [7, 11) is 0. The van der Waals surface area contributed by atoms with Crippen LogP contribution in [0.25, 0.3) is 212 Å². The largest absolute Gasteiger partial charge is 0.309 e. The lowest BCUT2D eigenvalue weighted by atomic mass is 10.0. The van der Waals surface area contributed by atoms with Crippen molar-refractivity contribution in [1.29, 1.82) is 0 Å². The number of aromatic nitrogens is 13. The predicted octanol–water partition coefficient (Wildman–Crippen LogP) is 24.2. The van der Waals surface area contributed by atoms with Crippen LogP contribution in [0.3, 0.4) is 0 Å². The van der Waals surface area contributed by atoms with E-state index in [0.717, 1.165) is 139 Å². The van der Waals surface area contributed by atoms with E-state index in [9.17, 15) is 0 Å². The van der Waals surface area contributed by atoms with Crippen molar-refractivity contribution in [2.45, 2.75) is 0 Å². The highest BCUT2D eigenvalue weighted by Crippen LogP contribution is 2.38. The first kappa shape index (κ1) is 66.5. The Hall–Kier alpha value is -15.7. The Kier molecular flexibility index (Phi) is 16.5. The van der Waals surface area contributed by atoms with Crippen molar-refractivity contribution < 1.29 is 0 Å². The van der Waals surface area contributed by atoms with Crippen LogP contribution in [0.4, 0.5) is 0 Å². The first-order valence-corrected chi connectivity index (χ1v) is 37.9. The van der Waals surface area contributed by atoms with Crippen LogP contribution in [0.15, 0.2) is 382 Å². The maximum atomic E-state index is 5.14. The van der Waals surface area contributed by atoms with Crippen LogP contribution in [-0.4, -0.2) is 64.0 Å². The molecule has 0 amide bonds. The van der Waals surface area contributed by atoms with Gasteiger partial charge in [-0.15, -0.1) is 0 Å². The van der Waals surface area contributed by atoms with Gasteiger partial charge >= 0.3 is 0 Å². The van der Waals surface area contributed by atoms with Crippen LogP contribution < -0.4 is 0 Å². The third-order valence-corrected chi connectivity index (χ3v) is 21.2. The fourth-order valence-electron chi connectivity index (χ4n) is 15.5. The van der Waals surface area contributed by atoms with Gasteiger partial charge in [0.2, 0.25) is 0 Å². The van der Waals surface area contributed by atoms with Crippen molar-refractivity contribution >= 4 is 87.2 Å². The van der Waals surface area contributed by atoms with Crippen LogP contribution in [0.2, 0.25) is 0 Å². The van der Waals surface area contributed by atoms with Gasteiger partial charge in [-0.1, -0.05) is 218 Å². The van der Waals surface area contributed by atoms with Crippen molar-refractivity contribution in [3.05, 3.63) is 382 Å². The smallest absolute Gasteiger partial charge is 0.182 e. The molecule has 0 atom stereocenters. The Bertz CT molecular complexity index is 6910. The zero-order valence-corrected chi connectivity index (χ0v) is 61.2. The van der Waals surface area contributed by atoms with Crippen LogP contribution in [-0.2, 0) is 0 Å². The molecule has 0 N–H and O–H groups in total. The summed E-state index contributed by atoms with van der Waals surface area (Å²) in [6.45, 7) is 0. The van der Waals surface area contributed by atoms with E-state index in [0.29, 0.717) is 29.0 Å². The topological polar surface area (TPSA) is 152 Å². The van der Waals surface area contributed by atoms with Gasteiger partial charge in [-0.2, -0.15) is 0 Å². The molecule has 22 aromatic rings. The second kappa shape index (κ2) is 28.4. The number of pyridine rings is 6. The van der Waals surface area contributed by atoms with Gasteiger partial charge in [0.05, 0.1) is 84.0 Å². The van der Waals surface area contributed by atoms with E-state index in [1.165, 1.54) is 43.6 Å². The van der Waals surface area contributed by atoms with Gasteiger partial charge in [-0.3, -0.25) is 9.97 Å². The van der Waals surface area contributed by atoms with Crippen molar-refractivity contribution in [3.8, 4) is 125 Å². The Morgan fingerprint density at radius 1 is 0.167 bits per heavy atom. The molecular formula is C101H63N13. The molecule has 0 radical (unpaired) electrons. The van der Waals surface area contributed by atoms with E-state index in [1.807, 2.05) is 121 Å². The van der Waals surface area contributed by atoms with Crippen LogP contribution in [0.1, 0.15) is 0 Å². The molecule has 10 heterocycles. The summed E-state index contributed by atoms with van der Waals surface area (Å²) >= 11 is 0. The van der Waals surface area contributed by atoms with Gasteiger partial charge in [-0.05, 0) is 174 Å². The molecule has 114 heavy (non-hydrogen) atoms. The molecule has 0 saturated carbocycles. The number of nitrogens with zero attached hydrogens (tertiary/aromatic N) is 13. The summed E-state index contributed by atoms with van der Waals surface area (Å²) in [5.41, 5.74) is 25.1. The van der Waals surface area contributed by atoms with Crippen molar-refractivity contribution in [2.75, 3.05) is 0 Å². The molecule has 10 aromatic heterocycles. The molecule has 0 aliphatic carbocycles. The van der Waals surface area contributed by atoms with Gasteiger partial charge in [-0.25, -0.2) is 44.9 Å². The normalized spacial score (nSPS) is 11.5. The molecule has 0 saturated heterocycles. The first-order valence-electron chi connectivity index (χ1n) is 37.9. The summed E-state index contributed by atoms with van der Waals surface area (Å²) < 4.78 is 4.64. The minimum Gasteiger partial charge on any atom is -0.309 e. The molecule has 0 aliphatic heterocycles. The van der Waals surface area contributed by atoms with Crippen LogP contribution in [0, 0.1) is 0 Å². The van der Waals surface area contributed by atoms with E-state index in [2.05, 4.69) is 268 Å². The number of para-hydroxylation sites is 4. The molecule has 532 valence electrons. The third kappa shape index (κ3) is 12.5. The molecular weight excluding hydrogens is 1400 g/mol. The van der Waals surface area contributed by atoms with E-state index in [4.69, 9.17) is 44.9 Å². The maximum absolute atomic E-state index is 5.14. The number of hydrogen-bond acceptors (Lipinski definition) is 11. The highest BCUT2D eigenvalue weighted by atomic mass is 15.1. The van der Waals surface area contributed by atoms with E-state index in [-0.39, 0.29) is 0 Å². The highest BCUT2D eigenvalue weighted by molar-refractivity contribution is 6.10. The number of benzene rings is 12. The first-order chi connectivity index (χ1) is 56.4. The van der Waals surface area contributed by atoms with Gasteiger partial charge in [0.25, 0.3) is 0 Å². The van der Waals surface area contributed by atoms with Gasteiger partial charge in [0.15, 0.2) is 23.3 Å². The summed E-state index contributed by atoms with van der Waals surface area (Å²) in [6, 6.07) is 127. The minimum absolute atomic E-state index is 0.514. The molecule has 0 spiro atoms. The Morgan fingerprint density at radius 3 is 0.965 bits per heavy atom. The SMILES string of the molecule is c1ccc(-c2nc(-c3ccc(-n4c5ccccc5c5ccccc54)cc3)cc(-c3ccc4cc(-c5ccc6ccc(-c7ccccn7)nc6c5)ccc4n3)n2)cc1.c1ccc(-c2nc(-c3ccc(-n4c5ccccc5c5ccccc54)cc3)nc(-c3ccc4cc(-c5ccc6ccc(-c7ccccn7)nc6c5)ccc4n3)n2)cc1. The number of fused-ring (bicyclic) bond motifs is 10. The Morgan fingerprint density at radius 2 is 0.500 bits per heavy atom. The second-order valence-electron chi connectivity index (χ2n) is 28.2. The summed E-state index contributed by atoms with van der Waals surface area (Å²) in [6.07, 6.45) is 3.59. The summed E-state index contributed by atoms with van der Waals surface area (Å²) in [5, 5.41) is 9.17. The zero-order chi connectivity index (χ0) is 75.4. The predicted molar refractivity (Wildman–Crippen MR) is 462 cm³/mol. The monoisotopic (exact) mass is 1460 g/mol. The Balaban J connectivity index is 0.000000143. The fraction of sp³-hybridized carbons (Fsp3) is 0. The van der Waals surface area contributed by atoms with Gasteiger partial charge < -0.3 is 9.13 Å². The lowest BCUT2D eigenvalue weighted by Crippen LogP contribution is -2.01. The van der Waals surface area contributed by atoms with Crippen molar-refractivity contribution in [3.63, 3.8) is 0 Å². The van der Waals surface area contributed by atoms with Crippen molar-refractivity contribution in [2.24, 2.45) is 0 Å². The number of rotatable bonds is 12. The summed E-state index contributed by atoms with van der Waals surface area (Å²) in [5.74, 6) is 2.35. The standard InChI is InChI=1S/C51H32N6.C50H31N7/c1-2-10-35(11-3-1)51-55-47(34-19-24-39(25-20-34)57-49-15-6-4-12-40(49)41-13-5-7-16-50(41)57)32-48(56-51)45-28-23-38-30-36(22-26-42(38)53-45)37-18-17-33-21-27-44(54-46(33)31-37)43-14-8-9-29-52-43;1-2-10-33(11-3-1)48-54-49(34-19-24-38(25-20-34)57-46-15-6-4-12-39(46)40-13-5-7-16-47(40)57)56-50(55-48)44-28-23-37-30-35(22-26-41(37)52-44)36-18-17-32-21-27-43(53-45(32)31-36)42-14-8-9-29-51-42/h1-32H;1-31H. The van der Waals surface area contributed by atoms with E-state index < -0.39 is 0 Å². The molecule has 13 nitrogen and oxygen atoms in total. The molecule has 22 rings (SSSR count). The van der Waals surface area contributed by atoms with Gasteiger partial charge in [0.1, 0.15) is 5.69 Å². The van der Waals surface area contributed by atoms with E-state index >= 15 is 0 Å². The Labute approximate surface area is 654 Å². The zero-order valence-electron chi connectivity index (χ0n) is 61.2. The third-order valence-electron chi connectivity index (χ3n) is 21.2. The molecule has 0 aliphatic rings. The molecule has 13 heteroatoms. The fourth-order valence-corrected chi connectivity index (χ4v) is 15.5. The quantitative estimate of drug-likeness (QED) is 0.115. The summed E-state index contributed by atoms with van der Waals surface area (Å²) in [4.78, 5) is 54.2. The van der Waals surface area contributed by atoms with Gasteiger partial charge in [0, 0.05) is 89.1 Å². The average Bonchev–Trinajstić information content (AvgIpc) is 1.58. The molecule has 0 bridgehead atoms. The molecule has 0 fully saturated rings. The minimum atomic E-state index is 0.514. The van der Waals surface area contributed by atoms with Crippen LogP contribution in [0.5, 0.6) is 0 Å². The lowest BCUT2D eigenvalue weighted by Gasteiger charge is -2.12. The number of hydrogen-bond donors (Lipinski definition) is 0.